The molecule has 1 amide bonds. The third-order valence-corrected chi connectivity index (χ3v) is 3.82. The van der Waals surface area contributed by atoms with Gasteiger partial charge in [0.1, 0.15) is 5.75 Å². The Hall–Kier alpha value is -3.06. The molecule has 0 aliphatic rings. The van der Waals surface area contributed by atoms with E-state index in [-0.39, 0.29) is 30.4 Å². The SMILES string of the molecule is COc1ccc(C(=O)NCCc2ccc(O)cc2)cc1OC(=O)CCCO. The standard InChI is InChI=1S/C20H23NO6/c1-26-17-9-6-15(13-18(17)27-19(24)3-2-12-22)20(25)21-11-10-14-4-7-16(23)8-5-14/h4-9,13,22-23H,2-3,10-12H2,1H3,(H,21,25). The lowest BCUT2D eigenvalue weighted by atomic mass is 10.1. The van der Waals surface area contributed by atoms with E-state index in [1.165, 1.54) is 13.2 Å². The molecular weight excluding hydrogens is 350 g/mol. The number of rotatable bonds is 9. The van der Waals surface area contributed by atoms with Crippen molar-refractivity contribution in [3.63, 3.8) is 0 Å². The number of ether oxygens (including phenoxy) is 2. The number of hydrogen-bond acceptors (Lipinski definition) is 6. The Bertz CT molecular complexity index is 773. The van der Waals surface area contributed by atoms with Gasteiger partial charge in [0.15, 0.2) is 11.5 Å². The van der Waals surface area contributed by atoms with Crippen LogP contribution in [0.3, 0.4) is 0 Å². The number of phenolic OH excluding ortho intramolecular Hbond substituents is 1. The second-order valence-electron chi connectivity index (χ2n) is 5.84. The van der Waals surface area contributed by atoms with Gasteiger partial charge in [0, 0.05) is 25.1 Å². The third-order valence-electron chi connectivity index (χ3n) is 3.82. The Balaban J connectivity index is 1.97. The molecule has 0 unspecified atom stereocenters. The lowest BCUT2D eigenvalue weighted by Crippen LogP contribution is -2.25. The van der Waals surface area contributed by atoms with E-state index in [1.807, 2.05) is 0 Å². The van der Waals surface area contributed by atoms with Crippen molar-refractivity contribution in [1.82, 2.24) is 5.32 Å². The summed E-state index contributed by atoms with van der Waals surface area (Å²) in [6, 6.07) is 11.4. The van der Waals surface area contributed by atoms with Crippen LogP contribution in [-0.2, 0) is 11.2 Å². The molecule has 7 heteroatoms. The Kier molecular flexibility index (Phi) is 7.63. The zero-order valence-corrected chi connectivity index (χ0v) is 15.1. The van der Waals surface area contributed by atoms with Crippen LogP contribution in [0.4, 0.5) is 0 Å². The molecule has 0 aromatic heterocycles. The van der Waals surface area contributed by atoms with Gasteiger partial charge in [-0.15, -0.1) is 0 Å². The predicted octanol–water partition coefficient (Wildman–Crippen LogP) is 2.05. The zero-order chi connectivity index (χ0) is 19.6. The van der Waals surface area contributed by atoms with Crippen LogP contribution >= 0.6 is 0 Å². The molecule has 7 nitrogen and oxygen atoms in total. The van der Waals surface area contributed by atoms with Gasteiger partial charge in [-0.1, -0.05) is 12.1 Å². The number of benzene rings is 2. The lowest BCUT2D eigenvalue weighted by molar-refractivity contribution is -0.134. The van der Waals surface area contributed by atoms with Gasteiger partial charge in [-0.3, -0.25) is 9.59 Å². The molecule has 2 rings (SSSR count). The quantitative estimate of drug-likeness (QED) is 0.459. The largest absolute Gasteiger partial charge is 0.508 e. The summed E-state index contributed by atoms with van der Waals surface area (Å²) in [6.45, 7) is 0.316. The number of aromatic hydroxyl groups is 1. The van der Waals surface area contributed by atoms with E-state index in [1.54, 1.807) is 36.4 Å². The fourth-order valence-corrected chi connectivity index (χ4v) is 2.38. The minimum atomic E-state index is -0.507. The highest BCUT2D eigenvalue weighted by molar-refractivity contribution is 5.95. The number of methoxy groups -OCH3 is 1. The van der Waals surface area contributed by atoms with Crippen LogP contribution in [0.1, 0.15) is 28.8 Å². The first-order valence-corrected chi connectivity index (χ1v) is 8.59. The summed E-state index contributed by atoms with van der Waals surface area (Å²) in [5.74, 6) is -0.113. The number of carbonyl (C=O) groups is 2. The van der Waals surface area contributed by atoms with Crippen molar-refractivity contribution in [2.75, 3.05) is 20.3 Å². The summed E-state index contributed by atoms with van der Waals surface area (Å²) >= 11 is 0. The molecule has 0 saturated carbocycles. The van der Waals surface area contributed by atoms with Gasteiger partial charge >= 0.3 is 5.97 Å². The van der Waals surface area contributed by atoms with Crippen LogP contribution in [-0.4, -0.2) is 42.4 Å². The molecule has 3 N–H and O–H groups in total. The van der Waals surface area contributed by atoms with E-state index in [0.717, 1.165) is 5.56 Å². The molecule has 0 bridgehead atoms. The number of aliphatic hydroxyl groups excluding tert-OH is 1. The highest BCUT2D eigenvalue weighted by atomic mass is 16.6. The highest BCUT2D eigenvalue weighted by Gasteiger charge is 2.14. The lowest BCUT2D eigenvalue weighted by Gasteiger charge is -2.11. The molecule has 27 heavy (non-hydrogen) atoms. The molecule has 0 heterocycles. The normalized spacial score (nSPS) is 10.3. The molecule has 0 aliphatic heterocycles. The minimum absolute atomic E-state index is 0.0721. The summed E-state index contributed by atoms with van der Waals surface area (Å²) in [6.07, 6.45) is 0.993. The highest BCUT2D eigenvalue weighted by Crippen LogP contribution is 2.28. The monoisotopic (exact) mass is 373 g/mol. The molecule has 0 aliphatic carbocycles. The summed E-state index contributed by atoms with van der Waals surface area (Å²) in [5, 5.41) is 20.8. The number of phenols is 1. The van der Waals surface area contributed by atoms with Gasteiger partial charge in [0.25, 0.3) is 5.91 Å². The predicted molar refractivity (Wildman–Crippen MR) is 99.1 cm³/mol. The van der Waals surface area contributed by atoms with Gasteiger partial charge in [-0.25, -0.2) is 0 Å². The van der Waals surface area contributed by atoms with E-state index in [9.17, 15) is 14.7 Å². The number of esters is 1. The molecule has 2 aromatic carbocycles. The van der Waals surface area contributed by atoms with E-state index < -0.39 is 5.97 Å². The minimum Gasteiger partial charge on any atom is -0.508 e. The van der Waals surface area contributed by atoms with Crippen LogP contribution in [0, 0.1) is 0 Å². The van der Waals surface area contributed by atoms with Crippen LogP contribution in [0.25, 0.3) is 0 Å². The Labute approximate surface area is 157 Å². The van der Waals surface area contributed by atoms with E-state index in [2.05, 4.69) is 5.32 Å². The van der Waals surface area contributed by atoms with Crippen LogP contribution in [0.5, 0.6) is 17.2 Å². The van der Waals surface area contributed by atoms with Crippen LogP contribution < -0.4 is 14.8 Å². The first-order valence-electron chi connectivity index (χ1n) is 8.59. The summed E-state index contributed by atoms with van der Waals surface area (Å²) in [4.78, 5) is 24.1. The summed E-state index contributed by atoms with van der Waals surface area (Å²) < 4.78 is 10.4. The average molecular weight is 373 g/mol. The van der Waals surface area contributed by atoms with Crippen molar-refractivity contribution in [2.45, 2.75) is 19.3 Å². The second-order valence-corrected chi connectivity index (χ2v) is 5.84. The van der Waals surface area contributed by atoms with Crippen LogP contribution in [0.2, 0.25) is 0 Å². The maximum atomic E-state index is 12.3. The maximum absolute atomic E-state index is 12.3. The fourth-order valence-electron chi connectivity index (χ4n) is 2.38. The van der Waals surface area contributed by atoms with Crippen LogP contribution in [0.15, 0.2) is 42.5 Å². The van der Waals surface area contributed by atoms with Crippen molar-refractivity contribution >= 4 is 11.9 Å². The second kappa shape index (κ2) is 10.2. The van der Waals surface area contributed by atoms with Crippen molar-refractivity contribution in [2.24, 2.45) is 0 Å². The first-order chi connectivity index (χ1) is 13.0. The van der Waals surface area contributed by atoms with Gasteiger partial charge in [-0.05, 0) is 48.7 Å². The van der Waals surface area contributed by atoms with Gasteiger partial charge in [0.2, 0.25) is 0 Å². The molecule has 0 atom stereocenters. The van der Waals surface area contributed by atoms with E-state index in [0.29, 0.717) is 30.7 Å². The van der Waals surface area contributed by atoms with Crippen molar-refractivity contribution in [3.8, 4) is 17.2 Å². The van der Waals surface area contributed by atoms with Gasteiger partial charge < -0.3 is 25.0 Å². The van der Waals surface area contributed by atoms with Gasteiger partial charge in [-0.2, -0.15) is 0 Å². The van der Waals surface area contributed by atoms with E-state index in [4.69, 9.17) is 14.6 Å². The molecular formula is C20H23NO6. The summed E-state index contributed by atoms with van der Waals surface area (Å²) in [5.41, 5.74) is 1.33. The third kappa shape index (κ3) is 6.31. The summed E-state index contributed by atoms with van der Waals surface area (Å²) in [7, 11) is 1.44. The number of hydrogen-bond donors (Lipinski definition) is 3. The molecule has 0 radical (unpaired) electrons. The number of amides is 1. The van der Waals surface area contributed by atoms with Gasteiger partial charge in [0.05, 0.1) is 7.11 Å². The molecule has 0 fully saturated rings. The average Bonchev–Trinajstić information content (AvgIpc) is 2.67. The Morgan fingerprint density at radius 3 is 2.48 bits per heavy atom. The molecule has 0 spiro atoms. The smallest absolute Gasteiger partial charge is 0.311 e. The van der Waals surface area contributed by atoms with Crippen molar-refractivity contribution in [1.29, 1.82) is 0 Å². The van der Waals surface area contributed by atoms with E-state index >= 15 is 0 Å². The topological polar surface area (TPSA) is 105 Å². The van der Waals surface area contributed by atoms with Crippen molar-refractivity contribution in [3.05, 3.63) is 53.6 Å². The fraction of sp³-hybridized carbons (Fsp3) is 0.300. The Morgan fingerprint density at radius 1 is 1.07 bits per heavy atom. The number of carbonyl (C=O) groups excluding carboxylic acids is 2. The number of nitrogens with one attached hydrogen (secondary N) is 1. The molecule has 2 aromatic rings. The first kappa shape index (κ1) is 20.3. The number of aliphatic hydroxyl groups is 1. The van der Waals surface area contributed by atoms with Crippen molar-refractivity contribution < 1.29 is 29.3 Å². The maximum Gasteiger partial charge on any atom is 0.311 e. The molecule has 0 saturated heterocycles. The Morgan fingerprint density at radius 2 is 1.81 bits per heavy atom. The zero-order valence-electron chi connectivity index (χ0n) is 15.1. The molecule has 144 valence electrons.